The van der Waals surface area contributed by atoms with E-state index in [1.54, 1.807) is 48.5 Å². The van der Waals surface area contributed by atoms with Crippen LogP contribution in [0.2, 0.25) is 0 Å². The van der Waals surface area contributed by atoms with Gasteiger partial charge in [-0.3, -0.25) is 9.59 Å². The third kappa shape index (κ3) is 12.5. The van der Waals surface area contributed by atoms with E-state index in [-0.39, 0.29) is 50.5 Å². The van der Waals surface area contributed by atoms with Gasteiger partial charge in [-0.05, 0) is 109 Å². The summed E-state index contributed by atoms with van der Waals surface area (Å²) < 4.78 is 92.4. The number of aliphatic hydroxyl groups is 6. The fourth-order valence-electron chi connectivity index (χ4n) is 14.0. The van der Waals surface area contributed by atoms with Crippen molar-refractivity contribution in [3.63, 3.8) is 0 Å². The van der Waals surface area contributed by atoms with Crippen molar-refractivity contribution in [2.45, 2.75) is 164 Å². The average Bonchev–Trinajstić information content (AvgIpc) is 1.24. The lowest BCUT2D eigenvalue weighted by Crippen LogP contribution is -2.60. The second-order valence-electron chi connectivity index (χ2n) is 24.7. The zero-order valence-corrected chi connectivity index (χ0v) is 53.3. The Morgan fingerprint density at radius 2 is 0.854 bits per heavy atom. The van der Waals surface area contributed by atoms with E-state index < -0.39 is 85.7 Å². The van der Waals surface area contributed by atoms with Crippen LogP contribution in [0.4, 0.5) is 0 Å². The molecule has 10 atom stereocenters. The molecule has 0 amide bonds. The quantitative estimate of drug-likeness (QED) is 0.0660. The summed E-state index contributed by atoms with van der Waals surface area (Å²) in [4.78, 5) is 47.2. The number of fused-ring (bicyclic) bond motifs is 7. The van der Waals surface area contributed by atoms with Crippen molar-refractivity contribution >= 4 is 45.0 Å². The molecular formula is C70H76O26. The largest absolute Gasteiger partial charge is 0.493 e. The van der Waals surface area contributed by atoms with Crippen molar-refractivity contribution in [3.8, 4) is 79.7 Å². The third-order valence-electron chi connectivity index (χ3n) is 18.9. The zero-order valence-electron chi connectivity index (χ0n) is 53.3. The fraction of sp³-hybridized carbons (Fsp3) is 0.486. The maximum absolute atomic E-state index is 13.4. The number of benzene rings is 6. The lowest BCUT2D eigenvalue weighted by atomic mass is 9.89. The number of rotatable bonds is 12. The van der Waals surface area contributed by atoms with Crippen molar-refractivity contribution in [1.82, 2.24) is 0 Å². The van der Waals surface area contributed by atoms with Gasteiger partial charge in [0, 0.05) is 71.6 Å². The van der Waals surface area contributed by atoms with E-state index in [2.05, 4.69) is 0 Å². The Hall–Kier alpha value is -8.28. The summed E-state index contributed by atoms with van der Waals surface area (Å²) in [5, 5.41) is 64.7. The van der Waals surface area contributed by atoms with Gasteiger partial charge in [-0.15, -0.1) is 0 Å². The standard InChI is InChI=1S/C32H32O12.C27H26O12.C6H10O.C5H8O/c1-36-20-10-16-17(11-21(20)37-2)27(18-13-38-30(35)25(18)24(16)15-5-6-19-22(9-15)40-14-39-19)42-31-26(34)29-28(23(12-33)41-31)43-32(44-29)7-3-4-8-32;1-33-16-6-12-13(7-17(16)34-2)25(39-27-24(31)23(30)22(29)19(8-28)38-27)14-9-35-26(32)21(14)20(12)11-3-4-15-18(5-11)37-10-36-15;7-6-4-2-1-3-5-6;6-5-3-1-2-4-5/h5-6,9-11,23,26,28-29,31,33-34H,3-4,7-8,12-14H2,1-2H3;3-7,19,22-24,27-31H,8-10H2,1-2H3;1-5H2;1-4H2. The molecular weight excluding hydrogens is 1260 g/mol. The van der Waals surface area contributed by atoms with E-state index in [4.69, 9.17) is 75.8 Å². The second kappa shape index (κ2) is 28.1. The number of hydrogen-bond acceptors (Lipinski definition) is 26. The number of esters is 2. The molecule has 7 heterocycles. The molecule has 512 valence electrons. The van der Waals surface area contributed by atoms with E-state index in [1.165, 1.54) is 34.9 Å². The van der Waals surface area contributed by atoms with Gasteiger partial charge in [0.05, 0.1) is 52.8 Å². The molecule has 6 aromatic carbocycles. The first-order valence-corrected chi connectivity index (χ1v) is 32.2. The molecule has 3 saturated heterocycles. The lowest BCUT2D eigenvalue weighted by Gasteiger charge is -2.39. The first-order chi connectivity index (χ1) is 46.6. The molecule has 3 aliphatic carbocycles. The lowest BCUT2D eigenvalue weighted by molar-refractivity contribution is -0.277. The summed E-state index contributed by atoms with van der Waals surface area (Å²) in [7, 11) is 6.01. The summed E-state index contributed by atoms with van der Waals surface area (Å²) >= 11 is 0. The number of ketones is 2. The molecule has 10 unspecified atom stereocenters. The maximum atomic E-state index is 13.4. The molecule has 1 spiro atoms. The summed E-state index contributed by atoms with van der Waals surface area (Å²) in [6, 6.07) is 17.6. The second-order valence-corrected chi connectivity index (χ2v) is 24.7. The highest BCUT2D eigenvalue weighted by Crippen LogP contribution is 2.53. The van der Waals surface area contributed by atoms with Gasteiger partial charge in [-0.25, -0.2) is 9.59 Å². The molecule has 6 fully saturated rings. The smallest absolute Gasteiger partial charge is 0.339 e. The Labute approximate surface area is 550 Å². The molecule has 7 aliphatic heterocycles. The number of cyclic esters (lactones) is 2. The van der Waals surface area contributed by atoms with Crippen LogP contribution in [0.15, 0.2) is 60.7 Å². The van der Waals surface area contributed by atoms with E-state index >= 15 is 0 Å². The summed E-state index contributed by atoms with van der Waals surface area (Å²) in [6.45, 7) is -1.000. The van der Waals surface area contributed by atoms with Gasteiger partial charge < -0.3 is 106 Å². The number of aliphatic hydroxyl groups excluding tert-OH is 6. The van der Waals surface area contributed by atoms with Crippen LogP contribution in [-0.4, -0.2) is 177 Å². The first-order valence-electron chi connectivity index (χ1n) is 32.2. The number of hydrogen-bond donors (Lipinski definition) is 6. The molecule has 0 bridgehead atoms. The molecule has 26 heteroatoms. The van der Waals surface area contributed by atoms with Crippen LogP contribution >= 0.6 is 0 Å². The van der Waals surface area contributed by atoms with Crippen molar-refractivity contribution in [2.75, 3.05) is 55.2 Å². The monoisotopic (exact) mass is 1330 g/mol. The Morgan fingerprint density at radius 1 is 0.438 bits per heavy atom. The van der Waals surface area contributed by atoms with E-state index in [0.717, 1.165) is 64.2 Å². The molecule has 3 saturated carbocycles. The van der Waals surface area contributed by atoms with Crippen molar-refractivity contribution < 1.29 is 126 Å². The van der Waals surface area contributed by atoms with Crippen LogP contribution in [0.3, 0.4) is 0 Å². The third-order valence-corrected chi connectivity index (χ3v) is 18.9. The maximum Gasteiger partial charge on any atom is 0.339 e. The SMILES string of the molecule is COc1cc2c(OC3OC(CO)C(O)C(O)C3O)c3c(c(-c4ccc5c(c4)OCO5)c2cc1OC)C(=O)OC3.COc1cc2c(OC3OC(CO)C4OC5(CCCC5)OC4C3O)c3c(c(-c4ccc5c(c4)OCO5)c2cc1OC)C(=O)OC3.O=C1CCCC1.O=C1CCCCC1. The van der Waals surface area contributed by atoms with Crippen LogP contribution in [0.25, 0.3) is 43.8 Å². The van der Waals surface area contributed by atoms with E-state index in [1.807, 2.05) is 12.1 Å². The van der Waals surface area contributed by atoms with Gasteiger partial charge in [-0.1, -0.05) is 18.6 Å². The number of Topliss-reactive ketones (excluding diaryl/α,β-unsaturated/α-hetero) is 2. The normalized spacial score (nSPS) is 26.1. The number of methoxy groups -OCH3 is 4. The van der Waals surface area contributed by atoms with Crippen LogP contribution in [0.5, 0.6) is 57.5 Å². The molecule has 0 aromatic heterocycles. The average molecular weight is 1330 g/mol. The molecule has 0 radical (unpaired) electrons. The van der Waals surface area contributed by atoms with Gasteiger partial charge in [0.2, 0.25) is 26.2 Å². The van der Waals surface area contributed by atoms with Gasteiger partial charge >= 0.3 is 11.9 Å². The molecule has 26 nitrogen and oxygen atoms in total. The molecule has 96 heavy (non-hydrogen) atoms. The summed E-state index contributed by atoms with van der Waals surface area (Å²) in [5.41, 5.74) is 3.87. The van der Waals surface area contributed by atoms with Crippen LogP contribution in [0.1, 0.15) is 115 Å². The summed E-state index contributed by atoms with van der Waals surface area (Å²) in [5.74, 6) is 3.29. The van der Waals surface area contributed by atoms with Gasteiger partial charge in [0.1, 0.15) is 85.1 Å². The van der Waals surface area contributed by atoms with E-state index in [9.17, 15) is 49.8 Å². The van der Waals surface area contributed by atoms with Crippen LogP contribution < -0.4 is 47.4 Å². The Bertz CT molecular complexity index is 3940. The topological polar surface area (TPSA) is 337 Å². The predicted molar refractivity (Wildman–Crippen MR) is 335 cm³/mol. The fourth-order valence-corrected chi connectivity index (χ4v) is 14.0. The summed E-state index contributed by atoms with van der Waals surface area (Å²) in [6.07, 6.45) is 0.239. The highest BCUT2D eigenvalue weighted by Gasteiger charge is 2.59. The minimum atomic E-state index is -1.67. The van der Waals surface area contributed by atoms with Gasteiger partial charge in [0.25, 0.3) is 0 Å². The van der Waals surface area contributed by atoms with E-state index in [0.29, 0.717) is 131 Å². The number of ether oxygens (including phenoxy) is 16. The molecule has 10 aliphatic rings. The van der Waals surface area contributed by atoms with Gasteiger partial charge in [0.15, 0.2) is 51.8 Å². The minimum Gasteiger partial charge on any atom is -0.493 e. The Morgan fingerprint density at radius 3 is 1.29 bits per heavy atom. The Kier molecular flexibility index (Phi) is 19.4. The zero-order chi connectivity index (χ0) is 67.1. The van der Waals surface area contributed by atoms with Gasteiger partial charge in [-0.2, -0.15) is 0 Å². The highest BCUT2D eigenvalue weighted by molar-refractivity contribution is 6.15. The molecule has 6 aromatic rings. The van der Waals surface area contributed by atoms with Crippen LogP contribution in [-0.2, 0) is 51.2 Å². The van der Waals surface area contributed by atoms with Crippen molar-refractivity contribution in [2.24, 2.45) is 0 Å². The van der Waals surface area contributed by atoms with Crippen molar-refractivity contribution in [1.29, 1.82) is 0 Å². The first kappa shape index (κ1) is 66.3. The van der Waals surface area contributed by atoms with Crippen LogP contribution in [0, 0.1) is 0 Å². The molecule has 16 rings (SSSR count). The van der Waals surface area contributed by atoms with Crippen molar-refractivity contribution in [3.05, 3.63) is 82.9 Å². The molecule has 6 N–H and O–H groups in total. The minimum absolute atomic E-state index is 0.0631. The number of carbonyl (C=O) groups is 4. The highest BCUT2D eigenvalue weighted by atomic mass is 16.8. The predicted octanol–water partition coefficient (Wildman–Crippen LogP) is 7.19. The Balaban J connectivity index is 0.000000146. The number of carbonyl (C=O) groups excluding carboxylic acids is 4.